The lowest BCUT2D eigenvalue weighted by molar-refractivity contribution is -0.117. The Hall–Kier alpha value is -3.73. The van der Waals surface area contributed by atoms with E-state index >= 15 is 0 Å². The van der Waals surface area contributed by atoms with Crippen LogP contribution in [0, 0.1) is 5.41 Å². The molecule has 36 heavy (non-hydrogen) atoms. The number of aryl methyl sites for hydroxylation is 2. The number of ether oxygens (including phenoxy) is 1. The third-order valence-corrected chi connectivity index (χ3v) is 6.65. The lowest BCUT2D eigenvalue weighted by atomic mass is 9.97. The van der Waals surface area contributed by atoms with Gasteiger partial charge in [0, 0.05) is 56.1 Å². The molecule has 0 saturated carbocycles. The van der Waals surface area contributed by atoms with E-state index in [-0.39, 0.29) is 0 Å². The molecule has 3 aromatic rings. The second-order valence-corrected chi connectivity index (χ2v) is 9.40. The minimum absolute atomic E-state index is 0.512. The number of amides is 2. The molecule has 2 amide bonds. The van der Waals surface area contributed by atoms with E-state index in [0.29, 0.717) is 17.0 Å². The summed E-state index contributed by atoms with van der Waals surface area (Å²) in [7, 11) is 6.72. The van der Waals surface area contributed by atoms with Crippen LogP contribution in [0.25, 0.3) is 10.2 Å². The Morgan fingerprint density at radius 3 is 2.42 bits per heavy atom. The number of hydrogen-bond acceptors (Lipinski definition) is 9. The van der Waals surface area contributed by atoms with Gasteiger partial charge in [0.05, 0.1) is 18.2 Å². The van der Waals surface area contributed by atoms with E-state index in [4.69, 9.17) is 15.9 Å². The zero-order valence-electron chi connectivity index (χ0n) is 21.5. The highest BCUT2D eigenvalue weighted by Gasteiger charge is 2.20. The topological polar surface area (TPSA) is 138 Å². The van der Waals surface area contributed by atoms with E-state index in [1.54, 1.807) is 56.9 Å². The fourth-order valence-corrected chi connectivity index (χ4v) is 4.62. The Balaban J connectivity index is 0.000000350. The van der Waals surface area contributed by atoms with Crippen LogP contribution in [-0.4, -0.2) is 73.6 Å². The highest BCUT2D eigenvalue weighted by Crippen LogP contribution is 2.40. The van der Waals surface area contributed by atoms with Crippen LogP contribution in [0.4, 0.5) is 17.2 Å². The number of hydrogen-bond donors (Lipinski definition) is 3. The number of methoxy groups -OCH3 is 1. The Morgan fingerprint density at radius 2 is 1.86 bits per heavy atom. The van der Waals surface area contributed by atoms with Gasteiger partial charge in [-0.05, 0) is 44.2 Å². The van der Waals surface area contributed by atoms with Crippen LogP contribution < -0.4 is 15.8 Å². The van der Waals surface area contributed by atoms with Gasteiger partial charge in [0.15, 0.2) is 0 Å². The summed E-state index contributed by atoms with van der Waals surface area (Å²) in [5.41, 5.74) is 9.22. The van der Waals surface area contributed by atoms with Gasteiger partial charge in [-0.2, -0.15) is 0 Å². The molecule has 10 nitrogen and oxygen atoms in total. The second kappa shape index (κ2) is 14.0. The first-order chi connectivity index (χ1) is 17.3. The van der Waals surface area contributed by atoms with Crippen LogP contribution in [0.15, 0.2) is 18.5 Å². The smallest absolute Gasteiger partial charge is 0.209 e. The number of thiophene rings is 1. The van der Waals surface area contributed by atoms with E-state index in [1.165, 1.54) is 34.4 Å². The fourth-order valence-electron chi connectivity index (χ4n) is 3.39. The average molecular weight is 514 g/mol. The molecule has 1 aromatic carbocycles. The van der Waals surface area contributed by atoms with Gasteiger partial charge in [-0.15, -0.1) is 11.3 Å². The summed E-state index contributed by atoms with van der Waals surface area (Å²) in [5.74, 6) is 1.40. The van der Waals surface area contributed by atoms with Crippen molar-refractivity contribution in [3.63, 3.8) is 0 Å². The molecule has 0 spiro atoms. The second-order valence-electron chi connectivity index (χ2n) is 8.31. The molecular formula is C25H35N7O3S. The summed E-state index contributed by atoms with van der Waals surface area (Å²) in [6.07, 6.45) is 9.03. The molecule has 0 saturated heterocycles. The quantitative estimate of drug-likeness (QED) is 0.249. The van der Waals surface area contributed by atoms with E-state index in [9.17, 15) is 9.59 Å². The predicted octanol–water partition coefficient (Wildman–Crippen LogP) is 3.70. The summed E-state index contributed by atoms with van der Waals surface area (Å²) in [6.45, 7) is 2.72. The molecule has 1 aliphatic carbocycles. The minimum Gasteiger partial charge on any atom is -0.494 e. The molecular weight excluding hydrogens is 478 g/mol. The van der Waals surface area contributed by atoms with E-state index < -0.39 is 0 Å². The zero-order valence-corrected chi connectivity index (χ0v) is 22.3. The number of anilines is 3. The first kappa shape index (κ1) is 28.5. The van der Waals surface area contributed by atoms with Gasteiger partial charge in [-0.25, -0.2) is 9.97 Å². The molecule has 11 heteroatoms. The standard InChI is InChI=1S/C18H19N5OS.C4H9NO.C3H7NO/c1-24-14-7-12(20)10(8-19)6-13(14)23-17-16-11-4-2-3-5-15(11)25-18(16)22-9-21-17;1-3-5(2)4-6;1-4(2)3-5/h6-9,19H,2-5,20H2,1H3,(H,21,22,23);4H,3H2,1-2H3;3H,1-2H3. The predicted molar refractivity (Wildman–Crippen MR) is 147 cm³/mol. The molecule has 2 aromatic heterocycles. The number of nitrogen functional groups attached to an aromatic ring is 1. The number of nitrogens with zero attached hydrogens (tertiary/aromatic N) is 4. The van der Waals surface area contributed by atoms with Gasteiger partial charge in [-0.3, -0.25) is 9.59 Å². The number of rotatable bonds is 7. The molecule has 0 unspecified atom stereocenters. The maximum Gasteiger partial charge on any atom is 0.209 e. The molecule has 0 aliphatic heterocycles. The Morgan fingerprint density at radius 1 is 1.17 bits per heavy atom. The number of carbonyl (C=O) groups excluding carboxylic acids is 2. The van der Waals surface area contributed by atoms with Gasteiger partial charge in [0.2, 0.25) is 12.8 Å². The van der Waals surface area contributed by atoms with Gasteiger partial charge in [0.25, 0.3) is 0 Å². The lowest BCUT2D eigenvalue weighted by Crippen LogP contribution is -2.13. The highest BCUT2D eigenvalue weighted by atomic mass is 32.1. The molecule has 0 radical (unpaired) electrons. The van der Waals surface area contributed by atoms with Crippen molar-refractivity contribution in [1.29, 1.82) is 5.41 Å². The number of benzene rings is 1. The van der Waals surface area contributed by atoms with Gasteiger partial charge >= 0.3 is 0 Å². The molecule has 1 aliphatic rings. The third-order valence-electron chi connectivity index (χ3n) is 5.45. The summed E-state index contributed by atoms with van der Waals surface area (Å²) in [4.78, 5) is 33.5. The largest absolute Gasteiger partial charge is 0.494 e. The van der Waals surface area contributed by atoms with Gasteiger partial charge in [0.1, 0.15) is 22.7 Å². The van der Waals surface area contributed by atoms with Crippen LogP contribution in [-0.2, 0) is 22.4 Å². The Labute approximate surface area is 216 Å². The average Bonchev–Trinajstić information content (AvgIpc) is 3.29. The maximum absolute atomic E-state index is 9.66. The van der Waals surface area contributed by atoms with Crippen LogP contribution in [0.5, 0.6) is 5.75 Å². The van der Waals surface area contributed by atoms with Crippen molar-refractivity contribution in [2.45, 2.75) is 32.6 Å². The first-order valence-corrected chi connectivity index (χ1v) is 12.4. The molecule has 0 fully saturated rings. The van der Waals surface area contributed by atoms with Crippen molar-refractivity contribution in [2.75, 3.05) is 45.8 Å². The third kappa shape index (κ3) is 7.38. The van der Waals surface area contributed by atoms with Crippen molar-refractivity contribution in [3.8, 4) is 5.75 Å². The summed E-state index contributed by atoms with van der Waals surface area (Å²) in [5, 5.41) is 12.0. The summed E-state index contributed by atoms with van der Waals surface area (Å²) >= 11 is 1.77. The van der Waals surface area contributed by atoms with Crippen LogP contribution in [0.3, 0.4) is 0 Å². The Bertz CT molecular complexity index is 1180. The number of aromatic nitrogens is 2. The van der Waals surface area contributed by atoms with Crippen LogP contribution >= 0.6 is 11.3 Å². The summed E-state index contributed by atoms with van der Waals surface area (Å²) < 4.78 is 5.45. The van der Waals surface area contributed by atoms with Crippen LogP contribution in [0.2, 0.25) is 0 Å². The van der Waals surface area contributed by atoms with E-state index in [1.807, 2.05) is 13.0 Å². The SMILES string of the molecule is CCN(C)C=O.CN(C)C=O.COc1cc(N)c(C=N)cc1Nc1ncnc2sc3c(c12)CCCC3. The number of fused-ring (bicyclic) bond motifs is 3. The van der Waals surface area contributed by atoms with Crippen molar-refractivity contribution in [1.82, 2.24) is 19.8 Å². The molecule has 2 heterocycles. The van der Waals surface area contributed by atoms with Gasteiger partial charge in [-0.1, -0.05) is 0 Å². The highest BCUT2D eigenvalue weighted by molar-refractivity contribution is 7.19. The minimum atomic E-state index is 0.512. The maximum atomic E-state index is 9.66. The molecule has 0 bridgehead atoms. The number of nitrogens with two attached hydrogens (primary N) is 1. The fraction of sp³-hybridized carbons (Fsp3) is 0.400. The van der Waals surface area contributed by atoms with Crippen LogP contribution in [0.1, 0.15) is 35.8 Å². The van der Waals surface area contributed by atoms with Crippen molar-refractivity contribution < 1.29 is 14.3 Å². The number of carbonyl (C=O) groups is 2. The monoisotopic (exact) mass is 513 g/mol. The normalized spacial score (nSPS) is 11.6. The molecule has 0 atom stereocenters. The van der Waals surface area contributed by atoms with E-state index in [0.717, 1.165) is 53.9 Å². The molecule has 4 rings (SSSR count). The van der Waals surface area contributed by atoms with E-state index in [2.05, 4.69) is 15.3 Å². The first-order valence-electron chi connectivity index (χ1n) is 11.6. The number of nitrogens with one attached hydrogen (secondary N) is 2. The molecule has 4 N–H and O–H groups in total. The van der Waals surface area contributed by atoms with Crippen molar-refractivity contribution >= 4 is 57.8 Å². The van der Waals surface area contributed by atoms with Crippen molar-refractivity contribution in [3.05, 3.63) is 34.5 Å². The zero-order chi connectivity index (χ0) is 26.7. The van der Waals surface area contributed by atoms with Crippen molar-refractivity contribution in [2.24, 2.45) is 0 Å². The summed E-state index contributed by atoms with van der Waals surface area (Å²) in [6, 6.07) is 3.54. The van der Waals surface area contributed by atoms with Gasteiger partial charge < -0.3 is 31.0 Å². The Kier molecular flexibility index (Phi) is 11.1. The lowest BCUT2D eigenvalue weighted by Gasteiger charge is -2.15. The molecule has 194 valence electrons.